The number of esters is 1. The second-order valence-corrected chi connectivity index (χ2v) is 7.96. The predicted octanol–water partition coefficient (Wildman–Crippen LogP) is 3.79. The highest BCUT2D eigenvalue weighted by atomic mass is 16.5. The Hall–Kier alpha value is -4.00. The number of carbonyl (C=O) groups excluding carboxylic acids is 2. The van der Waals surface area contributed by atoms with Gasteiger partial charge < -0.3 is 9.30 Å². The molecule has 3 heterocycles. The third-order valence-electron chi connectivity index (χ3n) is 5.98. The monoisotopic (exact) mass is 440 g/mol. The highest BCUT2D eigenvalue weighted by Crippen LogP contribution is 2.41. The molecule has 1 aliphatic heterocycles. The van der Waals surface area contributed by atoms with Crippen LogP contribution in [-0.2, 0) is 20.7 Å². The normalized spacial score (nSPS) is 17.7. The first-order valence-electron chi connectivity index (χ1n) is 11.1. The summed E-state index contributed by atoms with van der Waals surface area (Å²) >= 11 is 0. The number of amides is 1. The lowest BCUT2D eigenvalue weighted by Gasteiger charge is -2.37. The highest BCUT2D eigenvalue weighted by Gasteiger charge is 2.47. The molecule has 7 heteroatoms. The van der Waals surface area contributed by atoms with E-state index < -0.39 is 17.9 Å². The average molecular weight is 441 g/mol. The van der Waals surface area contributed by atoms with Gasteiger partial charge in [-0.15, -0.1) is 0 Å². The van der Waals surface area contributed by atoms with E-state index in [1.54, 1.807) is 24.2 Å². The number of para-hydroxylation sites is 2. The Morgan fingerprint density at radius 1 is 1.03 bits per heavy atom. The van der Waals surface area contributed by atoms with Crippen LogP contribution in [0.2, 0.25) is 0 Å². The van der Waals surface area contributed by atoms with E-state index in [0.29, 0.717) is 18.9 Å². The van der Waals surface area contributed by atoms with Crippen LogP contribution in [-0.4, -0.2) is 39.6 Å². The van der Waals surface area contributed by atoms with Crippen molar-refractivity contribution < 1.29 is 14.3 Å². The fourth-order valence-electron chi connectivity index (χ4n) is 4.50. The molecule has 0 radical (unpaired) electrons. The van der Waals surface area contributed by atoms with E-state index in [9.17, 15) is 9.59 Å². The van der Waals surface area contributed by atoms with E-state index in [0.717, 1.165) is 22.2 Å². The number of pyridine rings is 1. The average Bonchev–Trinajstić information content (AvgIpc) is 3.23. The van der Waals surface area contributed by atoms with Crippen LogP contribution in [0.1, 0.15) is 24.1 Å². The maximum atomic E-state index is 13.8. The summed E-state index contributed by atoms with van der Waals surface area (Å²) in [6.07, 6.45) is 4.01. The number of benzene rings is 2. The molecule has 166 valence electrons. The Morgan fingerprint density at radius 3 is 2.58 bits per heavy atom. The van der Waals surface area contributed by atoms with E-state index >= 15 is 0 Å². The van der Waals surface area contributed by atoms with Gasteiger partial charge in [0.25, 0.3) is 0 Å². The van der Waals surface area contributed by atoms with Gasteiger partial charge in [-0.1, -0.05) is 48.5 Å². The molecule has 5 rings (SSSR count). The summed E-state index contributed by atoms with van der Waals surface area (Å²) in [7, 11) is 0. The number of imidazole rings is 1. The van der Waals surface area contributed by atoms with Crippen LogP contribution in [0.25, 0.3) is 11.0 Å². The van der Waals surface area contributed by atoms with E-state index in [-0.39, 0.29) is 12.5 Å². The van der Waals surface area contributed by atoms with Crippen molar-refractivity contribution >= 4 is 28.9 Å². The fourth-order valence-corrected chi connectivity index (χ4v) is 4.50. The lowest BCUT2D eigenvalue weighted by Crippen LogP contribution is -2.50. The molecular weight excluding hydrogens is 416 g/mol. The molecule has 2 atom stereocenters. The summed E-state index contributed by atoms with van der Waals surface area (Å²) in [6, 6.07) is 20.8. The molecule has 0 aliphatic carbocycles. The van der Waals surface area contributed by atoms with Crippen molar-refractivity contribution in [2.75, 3.05) is 18.1 Å². The van der Waals surface area contributed by atoms with Gasteiger partial charge in [0.15, 0.2) is 5.92 Å². The van der Waals surface area contributed by atoms with Crippen LogP contribution in [0, 0.1) is 5.92 Å². The van der Waals surface area contributed by atoms with Crippen LogP contribution >= 0.6 is 0 Å². The number of ether oxygens (including phenoxy) is 1. The minimum atomic E-state index is -1.03. The van der Waals surface area contributed by atoms with Crippen molar-refractivity contribution in [2.24, 2.45) is 5.92 Å². The number of rotatable bonds is 6. The molecular formula is C26H24N4O3. The zero-order chi connectivity index (χ0) is 22.8. The molecule has 0 N–H and O–H groups in total. The summed E-state index contributed by atoms with van der Waals surface area (Å²) in [6.45, 7) is 2.35. The van der Waals surface area contributed by atoms with Crippen LogP contribution < -0.4 is 4.90 Å². The van der Waals surface area contributed by atoms with Gasteiger partial charge in [0.2, 0.25) is 11.9 Å². The second-order valence-electron chi connectivity index (χ2n) is 7.96. The number of carbonyl (C=O) groups is 2. The molecule has 0 spiro atoms. The largest absolute Gasteiger partial charge is 0.465 e. The fraction of sp³-hybridized carbons (Fsp3) is 0.231. The lowest BCUT2D eigenvalue weighted by atomic mass is 9.90. The Balaban J connectivity index is 1.67. The maximum absolute atomic E-state index is 13.8. The molecule has 4 aromatic rings. The molecule has 1 amide bonds. The van der Waals surface area contributed by atoms with Gasteiger partial charge in [-0.05, 0) is 42.7 Å². The van der Waals surface area contributed by atoms with Gasteiger partial charge in [0, 0.05) is 18.9 Å². The summed E-state index contributed by atoms with van der Waals surface area (Å²) in [5.41, 5.74) is 3.49. The van der Waals surface area contributed by atoms with Gasteiger partial charge in [-0.2, -0.15) is 0 Å². The van der Waals surface area contributed by atoms with Crippen molar-refractivity contribution in [3.05, 3.63) is 90.3 Å². The topological polar surface area (TPSA) is 77.3 Å². The first-order valence-corrected chi connectivity index (χ1v) is 11.1. The van der Waals surface area contributed by atoms with Crippen LogP contribution in [0.3, 0.4) is 0 Å². The summed E-state index contributed by atoms with van der Waals surface area (Å²) in [4.78, 5) is 37.7. The SMILES string of the molecule is CCOC(=O)[C@@H]1C(=O)N(CCc2ccccc2)c2nc3ccccc3n2[C@H]1c1cccnc1. The van der Waals surface area contributed by atoms with Crippen molar-refractivity contribution in [3.63, 3.8) is 0 Å². The molecule has 1 aliphatic rings. The van der Waals surface area contributed by atoms with Crippen molar-refractivity contribution in [1.82, 2.24) is 14.5 Å². The molecule has 7 nitrogen and oxygen atoms in total. The number of hydrogen-bond acceptors (Lipinski definition) is 5. The van der Waals surface area contributed by atoms with Gasteiger partial charge in [-0.25, -0.2) is 4.98 Å². The quantitative estimate of drug-likeness (QED) is 0.337. The molecule has 2 aromatic heterocycles. The van der Waals surface area contributed by atoms with Crippen molar-refractivity contribution in [1.29, 1.82) is 0 Å². The van der Waals surface area contributed by atoms with E-state index in [1.807, 2.05) is 71.3 Å². The zero-order valence-electron chi connectivity index (χ0n) is 18.3. The standard InChI is InChI=1S/C26H24N4O3/c1-2-33-25(32)22-23(19-11-8-15-27-17-19)30-21-13-7-6-12-20(21)28-26(30)29(24(22)31)16-14-18-9-4-3-5-10-18/h3-13,15,17,22-23H,2,14,16H2,1H3/t22-,23-/m0/s1. The predicted molar refractivity (Wildman–Crippen MR) is 125 cm³/mol. The third-order valence-corrected chi connectivity index (χ3v) is 5.98. The minimum Gasteiger partial charge on any atom is -0.465 e. The summed E-state index contributed by atoms with van der Waals surface area (Å²) in [5.74, 6) is -1.34. The van der Waals surface area contributed by atoms with Crippen LogP contribution in [0.15, 0.2) is 79.1 Å². The summed E-state index contributed by atoms with van der Waals surface area (Å²) < 4.78 is 7.36. The lowest BCUT2D eigenvalue weighted by molar-refractivity contribution is -0.153. The van der Waals surface area contributed by atoms with E-state index in [4.69, 9.17) is 9.72 Å². The van der Waals surface area contributed by atoms with Crippen LogP contribution in [0.4, 0.5) is 5.95 Å². The Morgan fingerprint density at radius 2 is 1.82 bits per heavy atom. The molecule has 0 saturated carbocycles. The maximum Gasteiger partial charge on any atom is 0.321 e. The molecule has 0 unspecified atom stereocenters. The Kier molecular flexibility index (Phi) is 5.60. The van der Waals surface area contributed by atoms with Crippen molar-refractivity contribution in [3.8, 4) is 0 Å². The smallest absolute Gasteiger partial charge is 0.321 e. The first kappa shape index (κ1) is 20.9. The van der Waals surface area contributed by atoms with E-state index in [1.165, 1.54) is 0 Å². The molecule has 0 saturated heterocycles. The number of fused-ring (bicyclic) bond motifs is 3. The van der Waals surface area contributed by atoms with Crippen molar-refractivity contribution in [2.45, 2.75) is 19.4 Å². The zero-order valence-corrected chi connectivity index (χ0v) is 18.3. The minimum absolute atomic E-state index is 0.198. The Bertz CT molecular complexity index is 1290. The van der Waals surface area contributed by atoms with Gasteiger partial charge >= 0.3 is 5.97 Å². The number of aromatic nitrogens is 3. The van der Waals surface area contributed by atoms with Gasteiger partial charge in [-0.3, -0.25) is 19.5 Å². The Labute approximate surface area is 191 Å². The molecule has 2 aromatic carbocycles. The number of hydrogen-bond donors (Lipinski definition) is 0. The third kappa shape index (κ3) is 3.75. The summed E-state index contributed by atoms with van der Waals surface area (Å²) in [5, 5.41) is 0. The van der Waals surface area contributed by atoms with Crippen LogP contribution in [0.5, 0.6) is 0 Å². The van der Waals surface area contributed by atoms with Gasteiger partial charge in [0.05, 0.1) is 23.7 Å². The molecule has 0 bridgehead atoms. The number of nitrogens with zero attached hydrogens (tertiary/aromatic N) is 4. The molecule has 0 fully saturated rings. The first-order chi connectivity index (χ1) is 16.2. The second kappa shape index (κ2) is 8.86. The highest BCUT2D eigenvalue weighted by molar-refractivity contribution is 6.08. The molecule has 33 heavy (non-hydrogen) atoms. The number of anilines is 1. The van der Waals surface area contributed by atoms with Gasteiger partial charge in [0.1, 0.15) is 0 Å². The van der Waals surface area contributed by atoms with E-state index in [2.05, 4.69) is 4.98 Å².